The fourth-order valence-electron chi connectivity index (χ4n) is 4.39. The molecule has 3 unspecified atom stereocenters. The third-order valence-electron chi connectivity index (χ3n) is 5.92. The minimum atomic E-state index is 0.408. The van der Waals surface area contributed by atoms with Gasteiger partial charge in [0.05, 0.1) is 0 Å². The van der Waals surface area contributed by atoms with Crippen LogP contribution >= 0.6 is 0 Å². The minimum absolute atomic E-state index is 0.408. The fraction of sp³-hybridized carbons (Fsp3) is 0.941. The van der Waals surface area contributed by atoms with E-state index in [1.165, 1.54) is 32.1 Å². The molecule has 4 heteroatoms. The summed E-state index contributed by atoms with van der Waals surface area (Å²) in [6.45, 7) is 8.51. The second kappa shape index (κ2) is 6.66. The maximum atomic E-state index is 12.5. The van der Waals surface area contributed by atoms with Gasteiger partial charge >= 0.3 is 0 Å². The van der Waals surface area contributed by atoms with Gasteiger partial charge in [0.25, 0.3) is 0 Å². The van der Waals surface area contributed by atoms with E-state index in [9.17, 15) is 4.79 Å². The van der Waals surface area contributed by atoms with Crippen molar-refractivity contribution in [2.45, 2.75) is 70.5 Å². The Labute approximate surface area is 129 Å². The Balaban J connectivity index is 1.44. The molecule has 1 N–H and O–H groups in total. The summed E-state index contributed by atoms with van der Waals surface area (Å²) < 4.78 is 0. The normalized spacial score (nSPS) is 35.0. The van der Waals surface area contributed by atoms with Gasteiger partial charge in [0, 0.05) is 50.7 Å². The van der Waals surface area contributed by atoms with Crippen LogP contribution in [0.3, 0.4) is 0 Å². The number of carbonyl (C=O) groups excluding carboxylic acids is 1. The van der Waals surface area contributed by atoms with Crippen LogP contribution in [0.4, 0.5) is 0 Å². The summed E-state index contributed by atoms with van der Waals surface area (Å²) in [5, 5.41) is 3.67. The first kappa shape index (κ1) is 15.3. The van der Waals surface area contributed by atoms with E-state index in [-0.39, 0.29) is 0 Å². The van der Waals surface area contributed by atoms with Crippen molar-refractivity contribution in [1.82, 2.24) is 15.1 Å². The van der Waals surface area contributed by atoms with Crippen LogP contribution in [-0.4, -0.2) is 60.0 Å². The van der Waals surface area contributed by atoms with Gasteiger partial charge in [-0.05, 0) is 44.9 Å². The second-order valence-electron chi connectivity index (χ2n) is 7.35. The van der Waals surface area contributed by atoms with Crippen LogP contribution in [0.5, 0.6) is 0 Å². The summed E-state index contributed by atoms with van der Waals surface area (Å²) in [5.41, 5.74) is 0. The molecule has 3 atom stereocenters. The molecule has 0 aromatic carbocycles. The maximum Gasteiger partial charge on any atom is 0.222 e. The molecule has 1 amide bonds. The molecule has 0 saturated carbocycles. The van der Waals surface area contributed by atoms with Crippen molar-refractivity contribution in [1.29, 1.82) is 0 Å². The summed E-state index contributed by atoms with van der Waals surface area (Å²) in [6.07, 6.45) is 7.07. The molecule has 0 aliphatic carbocycles. The first-order valence-corrected chi connectivity index (χ1v) is 8.93. The molecule has 2 bridgehead atoms. The van der Waals surface area contributed by atoms with E-state index in [2.05, 4.69) is 29.0 Å². The Morgan fingerprint density at radius 1 is 1.14 bits per heavy atom. The molecular formula is C17H31N3O. The molecule has 21 heavy (non-hydrogen) atoms. The Kier molecular flexibility index (Phi) is 4.85. The topological polar surface area (TPSA) is 35.6 Å². The smallest absolute Gasteiger partial charge is 0.222 e. The molecule has 0 spiro atoms. The predicted octanol–water partition coefficient (Wildman–Crippen LogP) is 1.85. The van der Waals surface area contributed by atoms with Crippen molar-refractivity contribution >= 4 is 5.91 Å². The fourth-order valence-corrected chi connectivity index (χ4v) is 4.39. The van der Waals surface area contributed by atoms with Crippen LogP contribution in [0.25, 0.3) is 0 Å². The molecule has 0 radical (unpaired) electrons. The number of fused-ring (bicyclic) bond motifs is 2. The molecule has 0 aromatic rings. The van der Waals surface area contributed by atoms with Gasteiger partial charge in [-0.1, -0.05) is 6.92 Å². The molecule has 3 rings (SSSR count). The number of piperazine rings is 1. The third kappa shape index (κ3) is 3.59. The number of nitrogens with one attached hydrogen (secondary N) is 1. The van der Waals surface area contributed by atoms with E-state index in [0.717, 1.165) is 32.6 Å². The van der Waals surface area contributed by atoms with Gasteiger partial charge in [-0.2, -0.15) is 0 Å². The van der Waals surface area contributed by atoms with Gasteiger partial charge in [-0.25, -0.2) is 0 Å². The number of hydrogen-bond donors (Lipinski definition) is 1. The lowest BCUT2D eigenvalue weighted by atomic mass is 9.89. The number of rotatable bonds is 4. The average molecular weight is 293 g/mol. The maximum absolute atomic E-state index is 12.5. The zero-order valence-corrected chi connectivity index (χ0v) is 13.7. The van der Waals surface area contributed by atoms with Crippen molar-refractivity contribution in [3.8, 4) is 0 Å². The number of piperidine rings is 1. The van der Waals surface area contributed by atoms with Crippen LogP contribution in [-0.2, 0) is 4.79 Å². The Bertz CT molecular complexity index is 353. The van der Waals surface area contributed by atoms with Crippen LogP contribution in [0.1, 0.15) is 52.4 Å². The zero-order chi connectivity index (χ0) is 14.8. The molecule has 0 aromatic heterocycles. The highest BCUT2D eigenvalue weighted by molar-refractivity contribution is 5.76. The van der Waals surface area contributed by atoms with Crippen LogP contribution in [0, 0.1) is 5.92 Å². The van der Waals surface area contributed by atoms with Gasteiger partial charge in [-0.15, -0.1) is 0 Å². The standard InChI is InChI=1S/C17H31N3O/c1-3-13(2)19-6-8-20(9-7-19)17(21)12-14-10-15-4-5-16(11-14)18-15/h13-16,18H,3-12H2,1-2H3. The minimum Gasteiger partial charge on any atom is -0.340 e. The quantitative estimate of drug-likeness (QED) is 0.859. The van der Waals surface area contributed by atoms with Crippen molar-refractivity contribution in [3.63, 3.8) is 0 Å². The molecule has 3 aliphatic rings. The molecule has 3 saturated heterocycles. The van der Waals surface area contributed by atoms with E-state index < -0.39 is 0 Å². The lowest BCUT2D eigenvalue weighted by Crippen LogP contribution is -2.51. The Morgan fingerprint density at radius 2 is 1.76 bits per heavy atom. The van der Waals surface area contributed by atoms with Crippen molar-refractivity contribution < 1.29 is 4.79 Å². The molecule has 120 valence electrons. The largest absolute Gasteiger partial charge is 0.340 e. The van der Waals surface area contributed by atoms with E-state index in [1.54, 1.807) is 0 Å². The molecule has 3 fully saturated rings. The van der Waals surface area contributed by atoms with Gasteiger partial charge in [0.1, 0.15) is 0 Å². The number of amides is 1. The van der Waals surface area contributed by atoms with E-state index in [0.29, 0.717) is 30.0 Å². The lowest BCUT2D eigenvalue weighted by Gasteiger charge is -2.38. The van der Waals surface area contributed by atoms with Crippen LogP contribution < -0.4 is 5.32 Å². The Morgan fingerprint density at radius 3 is 2.33 bits per heavy atom. The molecule has 4 nitrogen and oxygen atoms in total. The summed E-state index contributed by atoms with van der Waals surface area (Å²) in [6, 6.07) is 2.05. The summed E-state index contributed by atoms with van der Waals surface area (Å²) in [4.78, 5) is 17.2. The zero-order valence-electron chi connectivity index (χ0n) is 13.7. The van der Waals surface area contributed by atoms with E-state index >= 15 is 0 Å². The highest BCUT2D eigenvalue weighted by atomic mass is 16.2. The van der Waals surface area contributed by atoms with Gasteiger partial charge in [0.15, 0.2) is 0 Å². The van der Waals surface area contributed by atoms with Gasteiger partial charge in [0.2, 0.25) is 5.91 Å². The lowest BCUT2D eigenvalue weighted by molar-refractivity contribution is -0.134. The summed E-state index contributed by atoms with van der Waals surface area (Å²) >= 11 is 0. The van der Waals surface area contributed by atoms with E-state index in [4.69, 9.17) is 0 Å². The van der Waals surface area contributed by atoms with E-state index in [1.807, 2.05) is 0 Å². The second-order valence-corrected chi connectivity index (χ2v) is 7.35. The highest BCUT2D eigenvalue weighted by Gasteiger charge is 2.35. The predicted molar refractivity (Wildman–Crippen MR) is 85.2 cm³/mol. The third-order valence-corrected chi connectivity index (χ3v) is 5.92. The van der Waals surface area contributed by atoms with Crippen molar-refractivity contribution in [3.05, 3.63) is 0 Å². The SMILES string of the molecule is CCC(C)N1CCN(C(=O)CC2CC3CCC(C2)N3)CC1. The summed E-state index contributed by atoms with van der Waals surface area (Å²) in [5.74, 6) is 1.04. The Hall–Kier alpha value is -0.610. The van der Waals surface area contributed by atoms with Crippen molar-refractivity contribution in [2.24, 2.45) is 5.92 Å². The number of hydrogen-bond acceptors (Lipinski definition) is 3. The van der Waals surface area contributed by atoms with Gasteiger partial charge in [-0.3, -0.25) is 9.69 Å². The summed E-state index contributed by atoms with van der Waals surface area (Å²) in [7, 11) is 0. The van der Waals surface area contributed by atoms with Crippen LogP contribution in [0.15, 0.2) is 0 Å². The first-order chi connectivity index (χ1) is 10.2. The molecule has 3 heterocycles. The number of carbonyl (C=O) groups is 1. The van der Waals surface area contributed by atoms with Gasteiger partial charge < -0.3 is 10.2 Å². The van der Waals surface area contributed by atoms with Crippen LogP contribution in [0.2, 0.25) is 0 Å². The molecular weight excluding hydrogens is 262 g/mol. The number of nitrogens with zero attached hydrogens (tertiary/aromatic N) is 2. The molecule has 3 aliphatic heterocycles. The highest BCUT2D eigenvalue weighted by Crippen LogP contribution is 2.33. The van der Waals surface area contributed by atoms with Crippen molar-refractivity contribution in [2.75, 3.05) is 26.2 Å². The monoisotopic (exact) mass is 293 g/mol. The first-order valence-electron chi connectivity index (χ1n) is 8.93. The average Bonchev–Trinajstić information content (AvgIpc) is 2.85.